The maximum atomic E-state index is 13.2. The van der Waals surface area contributed by atoms with Crippen LogP contribution in [0, 0.1) is 0 Å². The van der Waals surface area contributed by atoms with Gasteiger partial charge in [-0.05, 0) is 82.6 Å². The number of halogens is 1. The van der Waals surface area contributed by atoms with Gasteiger partial charge in [0.2, 0.25) is 5.91 Å². The lowest BCUT2D eigenvalue weighted by Crippen LogP contribution is -2.33. The van der Waals surface area contributed by atoms with Crippen molar-refractivity contribution in [2.75, 3.05) is 44.4 Å². The predicted octanol–water partition coefficient (Wildman–Crippen LogP) is 6.21. The summed E-state index contributed by atoms with van der Waals surface area (Å²) in [7, 11) is 4.10. The topological polar surface area (TPSA) is 45.7 Å². The van der Waals surface area contributed by atoms with E-state index >= 15 is 0 Å². The number of ether oxygens (including phenoxy) is 1. The van der Waals surface area contributed by atoms with Crippen molar-refractivity contribution < 1.29 is 9.53 Å². The Morgan fingerprint density at radius 2 is 1.91 bits per heavy atom. The van der Waals surface area contributed by atoms with E-state index in [1.165, 1.54) is 4.90 Å². The lowest BCUT2D eigenvalue weighted by atomic mass is 10.3. The largest absolute Gasteiger partial charge is 0.492 e. The van der Waals surface area contributed by atoms with Crippen molar-refractivity contribution in [1.29, 1.82) is 0 Å². The lowest BCUT2D eigenvalue weighted by Gasteiger charge is -2.21. The summed E-state index contributed by atoms with van der Waals surface area (Å²) in [5.74, 6) is 1.78. The second-order valence-electron chi connectivity index (χ2n) is 7.64. The first-order chi connectivity index (χ1) is 15.5. The minimum Gasteiger partial charge on any atom is -0.492 e. The number of benzene rings is 2. The molecule has 0 radical (unpaired) electrons. The first kappa shape index (κ1) is 24.8. The Morgan fingerprint density at radius 1 is 1.12 bits per heavy atom. The zero-order valence-corrected chi connectivity index (χ0v) is 21.2. The van der Waals surface area contributed by atoms with Gasteiger partial charge >= 0.3 is 0 Å². The zero-order valence-electron chi connectivity index (χ0n) is 18.8. The standard InChI is InChI=1S/C24H30ClN3O2S2/c1-4-30-20-8-5-9-21-23(20)26-24(32-21)28(16-7-15-27(2)3)22(29)10-6-17-31-19-13-11-18(25)12-14-19/h5,8-9,11-14H,4,6-7,10,15-17H2,1-3H3. The molecule has 1 heterocycles. The number of amides is 1. The second-order valence-corrected chi connectivity index (χ2v) is 10.3. The number of hydrogen-bond donors (Lipinski definition) is 0. The quantitative estimate of drug-likeness (QED) is 0.223. The average Bonchev–Trinajstić information content (AvgIpc) is 3.20. The molecule has 0 aliphatic heterocycles. The van der Waals surface area contributed by atoms with Crippen molar-refractivity contribution in [3.63, 3.8) is 0 Å². The number of fused-ring (bicyclic) bond motifs is 1. The summed E-state index contributed by atoms with van der Waals surface area (Å²) in [6, 6.07) is 13.8. The van der Waals surface area contributed by atoms with Crippen LogP contribution in [0.3, 0.4) is 0 Å². The summed E-state index contributed by atoms with van der Waals surface area (Å²) in [5, 5.41) is 1.49. The smallest absolute Gasteiger partial charge is 0.228 e. The minimum atomic E-state index is 0.123. The van der Waals surface area contributed by atoms with Gasteiger partial charge in [0.15, 0.2) is 5.13 Å². The monoisotopic (exact) mass is 491 g/mol. The molecule has 0 saturated carbocycles. The van der Waals surface area contributed by atoms with Crippen molar-refractivity contribution in [2.24, 2.45) is 0 Å². The zero-order chi connectivity index (χ0) is 22.9. The fourth-order valence-electron chi connectivity index (χ4n) is 3.25. The molecule has 0 N–H and O–H groups in total. The molecular weight excluding hydrogens is 462 g/mol. The molecule has 0 spiro atoms. The first-order valence-corrected chi connectivity index (χ1v) is 13.0. The van der Waals surface area contributed by atoms with Gasteiger partial charge in [-0.1, -0.05) is 29.0 Å². The molecule has 0 aliphatic carbocycles. The van der Waals surface area contributed by atoms with Crippen LogP contribution in [-0.4, -0.2) is 55.3 Å². The molecule has 8 heteroatoms. The lowest BCUT2D eigenvalue weighted by molar-refractivity contribution is -0.118. The number of nitrogens with zero attached hydrogens (tertiary/aromatic N) is 3. The summed E-state index contributed by atoms with van der Waals surface area (Å²) < 4.78 is 6.77. The van der Waals surface area contributed by atoms with Gasteiger partial charge in [-0.3, -0.25) is 9.69 Å². The van der Waals surface area contributed by atoms with Crippen molar-refractivity contribution in [1.82, 2.24) is 9.88 Å². The van der Waals surface area contributed by atoms with Crippen molar-refractivity contribution in [2.45, 2.75) is 31.1 Å². The van der Waals surface area contributed by atoms with Crippen LogP contribution in [0.4, 0.5) is 5.13 Å². The Kier molecular flexibility index (Phi) is 9.66. The van der Waals surface area contributed by atoms with Crippen LogP contribution in [0.5, 0.6) is 5.75 Å². The average molecular weight is 492 g/mol. The number of carbonyl (C=O) groups is 1. The fraction of sp³-hybridized carbons (Fsp3) is 0.417. The van der Waals surface area contributed by atoms with Gasteiger partial charge < -0.3 is 9.64 Å². The van der Waals surface area contributed by atoms with Gasteiger partial charge in [-0.15, -0.1) is 11.8 Å². The first-order valence-electron chi connectivity index (χ1n) is 10.8. The van der Waals surface area contributed by atoms with Crippen molar-refractivity contribution in [3.05, 3.63) is 47.5 Å². The molecule has 3 aromatic rings. The molecule has 0 aliphatic rings. The molecule has 0 saturated heterocycles. The van der Waals surface area contributed by atoms with Crippen LogP contribution < -0.4 is 9.64 Å². The predicted molar refractivity (Wildman–Crippen MR) is 138 cm³/mol. The van der Waals surface area contributed by atoms with Gasteiger partial charge in [-0.25, -0.2) is 4.98 Å². The summed E-state index contributed by atoms with van der Waals surface area (Å²) in [5.41, 5.74) is 0.832. The van der Waals surface area contributed by atoms with Crippen LogP contribution in [-0.2, 0) is 4.79 Å². The Morgan fingerprint density at radius 3 is 2.62 bits per heavy atom. The number of rotatable bonds is 12. The molecule has 5 nitrogen and oxygen atoms in total. The molecule has 2 aromatic carbocycles. The molecule has 0 fully saturated rings. The van der Waals surface area contributed by atoms with E-state index in [2.05, 4.69) is 4.90 Å². The number of anilines is 1. The Bertz CT molecular complexity index is 1010. The molecule has 32 heavy (non-hydrogen) atoms. The maximum absolute atomic E-state index is 13.2. The maximum Gasteiger partial charge on any atom is 0.228 e. The Labute approximate surface area is 203 Å². The number of thiazole rings is 1. The molecular formula is C24H30ClN3O2S2. The third-order valence-corrected chi connectivity index (χ3v) is 7.20. The van der Waals surface area contributed by atoms with E-state index in [4.69, 9.17) is 21.3 Å². The van der Waals surface area contributed by atoms with E-state index in [0.29, 0.717) is 19.6 Å². The summed E-state index contributed by atoms with van der Waals surface area (Å²) in [4.78, 5) is 23.1. The SMILES string of the molecule is CCOc1cccc2sc(N(CCCN(C)C)C(=O)CCCSc3ccc(Cl)cc3)nc12. The van der Waals surface area contributed by atoms with Crippen LogP contribution in [0.1, 0.15) is 26.2 Å². The number of carbonyl (C=O) groups excluding carboxylic acids is 1. The molecule has 172 valence electrons. The second kappa shape index (κ2) is 12.4. The van der Waals surface area contributed by atoms with Gasteiger partial charge in [0.25, 0.3) is 0 Å². The Balaban J connectivity index is 1.67. The molecule has 0 unspecified atom stereocenters. The van der Waals surface area contributed by atoms with E-state index in [9.17, 15) is 4.79 Å². The summed E-state index contributed by atoms with van der Waals surface area (Å²) in [6.45, 7) is 4.13. The third-order valence-electron chi connectivity index (χ3n) is 4.81. The summed E-state index contributed by atoms with van der Waals surface area (Å²) >= 11 is 9.25. The van der Waals surface area contributed by atoms with E-state index in [1.807, 2.05) is 68.4 Å². The number of para-hydroxylation sites is 1. The molecule has 0 bridgehead atoms. The highest BCUT2D eigenvalue weighted by atomic mass is 35.5. The summed E-state index contributed by atoms with van der Waals surface area (Å²) in [6.07, 6.45) is 2.20. The van der Waals surface area contributed by atoms with Crippen molar-refractivity contribution >= 4 is 56.0 Å². The number of hydrogen-bond acceptors (Lipinski definition) is 6. The van der Waals surface area contributed by atoms with Gasteiger partial charge in [0, 0.05) is 22.9 Å². The third kappa shape index (κ3) is 7.10. The Hall–Kier alpha value is -1.80. The highest BCUT2D eigenvalue weighted by Crippen LogP contribution is 2.34. The van der Waals surface area contributed by atoms with Crippen LogP contribution >= 0.6 is 34.7 Å². The number of thioether (sulfide) groups is 1. The van der Waals surface area contributed by atoms with Crippen LogP contribution in [0.2, 0.25) is 5.02 Å². The van der Waals surface area contributed by atoms with E-state index in [0.717, 1.165) is 51.3 Å². The van der Waals surface area contributed by atoms with E-state index < -0.39 is 0 Å². The van der Waals surface area contributed by atoms with Crippen molar-refractivity contribution in [3.8, 4) is 5.75 Å². The highest BCUT2D eigenvalue weighted by molar-refractivity contribution is 7.99. The number of aromatic nitrogens is 1. The van der Waals surface area contributed by atoms with Gasteiger partial charge in [0.1, 0.15) is 11.3 Å². The normalized spacial score (nSPS) is 11.3. The van der Waals surface area contributed by atoms with Gasteiger partial charge in [-0.2, -0.15) is 0 Å². The molecule has 3 rings (SSSR count). The fourth-order valence-corrected chi connectivity index (χ4v) is 5.26. The molecule has 0 atom stereocenters. The van der Waals surface area contributed by atoms with E-state index in [1.54, 1.807) is 23.1 Å². The molecule has 1 amide bonds. The van der Waals surface area contributed by atoms with Gasteiger partial charge in [0.05, 0.1) is 11.3 Å². The molecule has 1 aromatic heterocycles. The van der Waals surface area contributed by atoms with Crippen LogP contribution in [0.25, 0.3) is 10.2 Å². The highest BCUT2D eigenvalue weighted by Gasteiger charge is 2.20. The van der Waals surface area contributed by atoms with Crippen LogP contribution in [0.15, 0.2) is 47.4 Å². The minimum absolute atomic E-state index is 0.123. The van der Waals surface area contributed by atoms with E-state index in [-0.39, 0.29) is 5.91 Å².